The van der Waals surface area contributed by atoms with Crippen molar-refractivity contribution in [1.82, 2.24) is 4.98 Å². The van der Waals surface area contributed by atoms with Gasteiger partial charge in [0, 0.05) is 11.1 Å². The molecule has 2 nitrogen and oxygen atoms in total. The Bertz CT molecular complexity index is 159. The highest BCUT2D eigenvalue weighted by Crippen LogP contribution is 2.03. The van der Waals surface area contributed by atoms with E-state index in [1.165, 1.54) is 11.3 Å². The Morgan fingerprint density at radius 1 is 1.88 bits per heavy atom. The van der Waals surface area contributed by atoms with E-state index in [-0.39, 0.29) is 0 Å². The highest BCUT2D eigenvalue weighted by atomic mass is 32.1. The van der Waals surface area contributed by atoms with Gasteiger partial charge in [-0.2, -0.15) is 0 Å². The SMILES string of the molecule is O=[C]Cc1cncs1. The Labute approximate surface area is 51.2 Å². The maximum absolute atomic E-state index is 9.73. The molecule has 1 heterocycles. The summed E-state index contributed by atoms with van der Waals surface area (Å²) < 4.78 is 0. The number of rotatable bonds is 2. The van der Waals surface area contributed by atoms with Crippen LogP contribution in [0.15, 0.2) is 11.7 Å². The highest BCUT2D eigenvalue weighted by Gasteiger charge is 1.89. The van der Waals surface area contributed by atoms with Crippen LogP contribution in [-0.4, -0.2) is 11.3 Å². The van der Waals surface area contributed by atoms with E-state index < -0.39 is 0 Å². The van der Waals surface area contributed by atoms with Crippen molar-refractivity contribution in [2.24, 2.45) is 0 Å². The van der Waals surface area contributed by atoms with Crippen LogP contribution in [0.1, 0.15) is 4.88 Å². The number of hydrogen-bond donors (Lipinski definition) is 0. The van der Waals surface area contributed by atoms with Crippen LogP contribution in [0.25, 0.3) is 0 Å². The molecule has 0 N–H and O–H groups in total. The van der Waals surface area contributed by atoms with Crippen molar-refractivity contribution >= 4 is 17.6 Å². The summed E-state index contributed by atoms with van der Waals surface area (Å²) in [6.07, 6.45) is 3.85. The third-order valence-electron chi connectivity index (χ3n) is 0.730. The number of thiazole rings is 1. The third-order valence-corrected chi connectivity index (χ3v) is 1.51. The lowest BCUT2D eigenvalue weighted by Crippen LogP contribution is -1.76. The fourth-order valence-electron chi connectivity index (χ4n) is 0.401. The Morgan fingerprint density at radius 2 is 2.75 bits per heavy atom. The molecule has 0 aliphatic carbocycles. The predicted molar refractivity (Wildman–Crippen MR) is 31.5 cm³/mol. The van der Waals surface area contributed by atoms with E-state index in [0.29, 0.717) is 6.42 Å². The van der Waals surface area contributed by atoms with Crippen LogP contribution < -0.4 is 0 Å². The Hall–Kier alpha value is -0.700. The van der Waals surface area contributed by atoms with Crippen LogP contribution in [0.2, 0.25) is 0 Å². The van der Waals surface area contributed by atoms with Crippen LogP contribution in [0.5, 0.6) is 0 Å². The molecule has 3 heteroatoms. The molecule has 1 rings (SSSR count). The summed E-state index contributed by atoms with van der Waals surface area (Å²) in [4.78, 5) is 14.5. The monoisotopic (exact) mass is 126 g/mol. The number of carbonyl (C=O) groups excluding carboxylic acids is 1. The van der Waals surface area contributed by atoms with Gasteiger partial charge in [0.15, 0.2) is 0 Å². The van der Waals surface area contributed by atoms with E-state index >= 15 is 0 Å². The average Bonchev–Trinajstić information content (AvgIpc) is 2.19. The Morgan fingerprint density at radius 3 is 3.25 bits per heavy atom. The first kappa shape index (κ1) is 5.44. The van der Waals surface area contributed by atoms with Gasteiger partial charge >= 0.3 is 0 Å². The lowest BCUT2D eigenvalue weighted by molar-refractivity contribution is 0.555. The van der Waals surface area contributed by atoms with Crippen molar-refractivity contribution in [1.29, 1.82) is 0 Å². The normalized spacial score (nSPS) is 9.00. The zero-order valence-corrected chi connectivity index (χ0v) is 4.94. The van der Waals surface area contributed by atoms with Gasteiger partial charge in [0.1, 0.15) is 0 Å². The van der Waals surface area contributed by atoms with Crippen molar-refractivity contribution < 1.29 is 4.79 Å². The molecule has 0 fully saturated rings. The van der Waals surface area contributed by atoms with Gasteiger partial charge in [-0.25, -0.2) is 0 Å². The summed E-state index contributed by atoms with van der Waals surface area (Å²) in [5.74, 6) is 0. The summed E-state index contributed by atoms with van der Waals surface area (Å²) in [6.45, 7) is 0. The quantitative estimate of drug-likeness (QED) is 0.586. The minimum Gasteiger partial charge on any atom is -0.290 e. The second-order valence-electron chi connectivity index (χ2n) is 1.29. The first-order valence-electron chi connectivity index (χ1n) is 2.16. The van der Waals surface area contributed by atoms with E-state index in [1.54, 1.807) is 18.0 Å². The molecule has 0 bridgehead atoms. The molecule has 0 amide bonds. The average molecular weight is 126 g/mol. The molecule has 0 saturated heterocycles. The predicted octanol–water partition coefficient (Wildman–Crippen LogP) is 0.795. The first-order chi connectivity index (χ1) is 3.93. The van der Waals surface area contributed by atoms with Crippen LogP contribution in [0.4, 0.5) is 0 Å². The first-order valence-corrected chi connectivity index (χ1v) is 3.04. The number of aromatic nitrogens is 1. The zero-order valence-electron chi connectivity index (χ0n) is 4.13. The van der Waals surface area contributed by atoms with Crippen LogP contribution in [0.3, 0.4) is 0 Å². The summed E-state index contributed by atoms with van der Waals surface area (Å²) in [7, 11) is 0. The van der Waals surface area contributed by atoms with Gasteiger partial charge in [-0.3, -0.25) is 9.78 Å². The molecule has 0 aliphatic rings. The fraction of sp³-hybridized carbons (Fsp3) is 0.200. The molecule has 1 radical (unpaired) electrons. The van der Waals surface area contributed by atoms with Crippen molar-refractivity contribution in [2.75, 3.05) is 0 Å². The molecule has 0 aliphatic heterocycles. The van der Waals surface area contributed by atoms with Gasteiger partial charge in [-0.1, -0.05) is 0 Å². The highest BCUT2D eigenvalue weighted by molar-refractivity contribution is 7.09. The molecule has 41 valence electrons. The Kier molecular flexibility index (Phi) is 1.75. The minimum atomic E-state index is 0.380. The molecular formula is C5H4NOS. The topological polar surface area (TPSA) is 30.0 Å². The van der Waals surface area contributed by atoms with E-state index in [1.807, 2.05) is 0 Å². The van der Waals surface area contributed by atoms with Crippen molar-refractivity contribution in [3.63, 3.8) is 0 Å². The summed E-state index contributed by atoms with van der Waals surface area (Å²) in [5.41, 5.74) is 1.70. The lowest BCUT2D eigenvalue weighted by Gasteiger charge is -1.75. The van der Waals surface area contributed by atoms with Gasteiger partial charge < -0.3 is 0 Å². The van der Waals surface area contributed by atoms with Gasteiger partial charge in [-0.15, -0.1) is 11.3 Å². The van der Waals surface area contributed by atoms with Crippen molar-refractivity contribution in [3.8, 4) is 0 Å². The molecule has 0 unspecified atom stereocenters. The van der Waals surface area contributed by atoms with Crippen molar-refractivity contribution in [3.05, 3.63) is 16.6 Å². The van der Waals surface area contributed by atoms with E-state index in [2.05, 4.69) is 4.98 Å². The molecule has 0 atom stereocenters. The van der Waals surface area contributed by atoms with Crippen molar-refractivity contribution in [2.45, 2.75) is 6.42 Å². The lowest BCUT2D eigenvalue weighted by atomic mass is 10.4. The van der Waals surface area contributed by atoms with Crippen LogP contribution in [-0.2, 0) is 11.2 Å². The Balaban J connectivity index is 2.62. The second kappa shape index (κ2) is 2.57. The molecule has 0 spiro atoms. The van der Waals surface area contributed by atoms with Gasteiger partial charge in [0.25, 0.3) is 0 Å². The third kappa shape index (κ3) is 1.13. The maximum atomic E-state index is 9.73. The summed E-state index contributed by atoms with van der Waals surface area (Å²) >= 11 is 1.47. The molecule has 0 saturated carbocycles. The van der Waals surface area contributed by atoms with E-state index in [0.717, 1.165) is 4.88 Å². The van der Waals surface area contributed by atoms with Gasteiger partial charge in [-0.05, 0) is 0 Å². The molecule has 1 aromatic heterocycles. The number of hydrogen-bond acceptors (Lipinski definition) is 3. The maximum Gasteiger partial charge on any atom is 0.204 e. The van der Waals surface area contributed by atoms with Crippen LogP contribution in [0, 0.1) is 0 Å². The van der Waals surface area contributed by atoms with E-state index in [9.17, 15) is 4.79 Å². The molecule has 8 heavy (non-hydrogen) atoms. The largest absolute Gasteiger partial charge is 0.290 e. The minimum absolute atomic E-state index is 0.380. The molecule has 1 aromatic rings. The fourth-order valence-corrected chi connectivity index (χ4v) is 0.922. The standard InChI is InChI=1S/C5H4NOS/c7-2-1-5-3-6-4-8-5/h3-4H,1H2. The van der Waals surface area contributed by atoms with Gasteiger partial charge in [0.2, 0.25) is 6.29 Å². The smallest absolute Gasteiger partial charge is 0.204 e. The summed E-state index contributed by atoms with van der Waals surface area (Å²) in [6, 6.07) is 0. The molecule has 0 aromatic carbocycles. The second-order valence-corrected chi connectivity index (χ2v) is 2.26. The van der Waals surface area contributed by atoms with E-state index in [4.69, 9.17) is 0 Å². The molecular weight excluding hydrogens is 122 g/mol. The number of nitrogens with zero attached hydrogens (tertiary/aromatic N) is 1. The van der Waals surface area contributed by atoms with Gasteiger partial charge in [0.05, 0.1) is 11.9 Å². The summed E-state index contributed by atoms with van der Waals surface area (Å²) in [5, 5.41) is 0. The van der Waals surface area contributed by atoms with Crippen LogP contribution >= 0.6 is 11.3 Å². The zero-order chi connectivity index (χ0) is 5.82.